The number of rotatable bonds is 16. The van der Waals surface area contributed by atoms with E-state index in [1.165, 1.54) is 12.1 Å². The lowest BCUT2D eigenvalue weighted by Crippen LogP contribution is -2.52. The first-order valence-electron chi connectivity index (χ1n) is 15.2. The number of carbonyl (C=O) groups is 1. The number of aliphatic hydroxyl groups is 1. The standard InChI is InChI=1S/C37H38FN3O4S/c1-2-21-37(36(43)41-39-22-25-46-26-27-9-17-32(38)18-10-27)34(30-13-11-29(12-14-30)28-7-4-3-5-8-28)45-35(40-37)31-15-19-33(20-16-31)44-24-6-23-42/h2-5,7-20,34,39,42H,1,6,21-26H2,(H,41,43)/t34-,37-/m0/s1. The molecule has 1 heterocycles. The van der Waals surface area contributed by atoms with E-state index in [0.29, 0.717) is 36.8 Å². The van der Waals surface area contributed by atoms with Crippen LogP contribution in [-0.4, -0.2) is 48.0 Å². The molecule has 9 heteroatoms. The molecule has 3 N–H and O–H groups in total. The summed E-state index contributed by atoms with van der Waals surface area (Å²) in [4.78, 5) is 18.9. The number of nitrogens with zero attached hydrogens (tertiary/aromatic N) is 1. The molecule has 0 unspecified atom stereocenters. The van der Waals surface area contributed by atoms with Crippen molar-refractivity contribution in [3.63, 3.8) is 0 Å². The van der Waals surface area contributed by atoms with Gasteiger partial charge in [-0.25, -0.2) is 14.8 Å². The van der Waals surface area contributed by atoms with E-state index in [0.717, 1.165) is 33.8 Å². The molecular weight excluding hydrogens is 601 g/mol. The Balaban J connectivity index is 1.33. The maximum Gasteiger partial charge on any atom is 0.266 e. The second-order valence-corrected chi connectivity index (χ2v) is 11.9. The predicted molar refractivity (Wildman–Crippen MR) is 182 cm³/mol. The average molecular weight is 640 g/mol. The van der Waals surface area contributed by atoms with Gasteiger partial charge in [0, 0.05) is 43.1 Å². The van der Waals surface area contributed by atoms with Crippen molar-refractivity contribution in [1.29, 1.82) is 0 Å². The fourth-order valence-corrected chi connectivity index (χ4v) is 5.98. The van der Waals surface area contributed by atoms with Crippen molar-refractivity contribution >= 4 is 23.6 Å². The number of benzene rings is 4. The molecule has 46 heavy (non-hydrogen) atoms. The Morgan fingerprint density at radius 1 is 0.978 bits per heavy atom. The number of nitrogens with one attached hydrogen (secondary N) is 2. The summed E-state index contributed by atoms with van der Waals surface area (Å²) in [6.07, 6.45) is 1.77. The van der Waals surface area contributed by atoms with E-state index in [2.05, 4.69) is 29.6 Å². The number of carbonyl (C=O) groups excluding carboxylic acids is 1. The topological polar surface area (TPSA) is 92.2 Å². The van der Waals surface area contributed by atoms with Gasteiger partial charge in [0.25, 0.3) is 5.91 Å². The minimum Gasteiger partial charge on any atom is -0.494 e. The number of aliphatic imine (C=N–C) groups is 1. The van der Waals surface area contributed by atoms with Crippen LogP contribution in [0, 0.1) is 5.82 Å². The number of thioether (sulfide) groups is 1. The minimum absolute atomic E-state index is 0.0631. The van der Waals surface area contributed by atoms with Crippen LogP contribution in [-0.2, 0) is 15.3 Å². The molecule has 238 valence electrons. The molecule has 0 radical (unpaired) electrons. The first kappa shape index (κ1) is 32.9. The molecule has 0 aliphatic carbocycles. The third-order valence-corrected chi connectivity index (χ3v) is 8.59. The van der Waals surface area contributed by atoms with Crippen LogP contribution in [0.5, 0.6) is 5.75 Å². The summed E-state index contributed by atoms with van der Waals surface area (Å²) in [5, 5.41) is 9.04. The molecular formula is C37H38FN3O4S. The third kappa shape index (κ3) is 8.23. The Morgan fingerprint density at radius 2 is 1.67 bits per heavy atom. The Bertz CT molecular complexity index is 1600. The van der Waals surface area contributed by atoms with Crippen molar-refractivity contribution in [2.45, 2.75) is 30.2 Å². The molecule has 1 aliphatic heterocycles. The molecule has 5 rings (SSSR count). The van der Waals surface area contributed by atoms with Gasteiger partial charge >= 0.3 is 0 Å². The zero-order chi connectivity index (χ0) is 32.2. The van der Waals surface area contributed by atoms with Crippen LogP contribution in [0.4, 0.5) is 4.39 Å². The van der Waals surface area contributed by atoms with Gasteiger partial charge in [-0.15, -0.1) is 6.58 Å². The van der Waals surface area contributed by atoms with Crippen LogP contribution in [0.1, 0.15) is 35.6 Å². The largest absolute Gasteiger partial charge is 0.494 e. The zero-order valence-corrected chi connectivity index (χ0v) is 26.3. The van der Waals surface area contributed by atoms with Gasteiger partial charge < -0.3 is 14.6 Å². The molecule has 4 aromatic rings. The van der Waals surface area contributed by atoms with E-state index >= 15 is 0 Å². The minimum atomic E-state index is -1.31. The molecule has 0 fully saturated rings. The highest BCUT2D eigenvalue weighted by molar-refractivity contribution is 7.98. The SMILES string of the molecule is C=CC[C@]1(C(=O)NNCCSCc2ccc(F)cc2)N=C(c2ccc(OCCCO)cc2)O[C@H]1c1ccc(-c2ccccc2)cc1. The highest BCUT2D eigenvalue weighted by atomic mass is 32.2. The highest BCUT2D eigenvalue weighted by Gasteiger charge is 2.52. The van der Waals surface area contributed by atoms with E-state index in [1.807, 2.05) is 66.7 Å². The third-order valence-electron chi connectivity index (χ3n) is 7.56. The van der Waals surface area contributed by atoms with Crippen molar-refractivity contribution < 1.29 is 23.8 Å². The molecule has 0 saturated carbocycles. The fourth-order valence-electron chi connectivity index (χ4n) is 5.16. The Kier molecular flexibility index (Phi) is 11.6. The van der Waals surface area contributed by atoms with Crippen LogP contribution < -0.4 is 15.6 Å². The van der Waals surface area contributed by atoms with Crippen molar-refractivity contribution in [1.82, 2.24) is 10.9 Å². The van der Waals surface area contributed by atoms with E-state index in [9.17, 15) is 9.18 Å². The lowest BCUT2D eigenvalue weighted by Gasteiger charge is -2.29. The molecule has 0 saturated heterocycles. The van der Waals surface area contributed by atoms with Crippen LogP contribution in [0.2, 0.25) is 0 Å². The second kappa shape index (κ2) is 16.2. The van der Waals surface area contributed by atoms with Gasteiger partial charge in [-0.3, -0.25) is 10.2 Å². The molecule has 1 amide bonds. The van der Waals surface area contributed by atoms with E-state index < -0.39 is 11.6 Å². The summed E-state index contributed by atoms with van der Waals surface area (Å²) in [6, 6.07) is 31.9. The summed E-state index contributed by atoms with van der Waals surface area (Å²) in [6.45, 7) is 4.94. The first-order chi connectivity index (χ1) is 22.5. The number of hydrogen-bond acceptors (Lipinski definition) is 7. The molecule has 0 spiro atoms. The number of hydrazine groups is 1. The number of aliphatic hydroxyl groups excluding tert-OH is 1. The summed E-state index contributed by atoms with van der Waals surface area (Å²) >= 11 is 1.68. The number of hydrogen-bond donors (Lipinski definition) is 3. The van der Waals surface area contributed by atoms with Gasteiger partial charge in [-0.05, 0) is 58.7 Å². The average Bonchev–Trinajstić information content (AvgIpc) is 3.48. The summed E-state index contributed by atoms with van der Waals surface area (Å²) in [5.41, 5.74) is 9.34. The van der Waals surface area contributed by atoms with E-state index in [1.54, 1.807) is 30.0 Å². The maximum absolute atomic E-state index is 14.0. The van der Waals surface area contributed by atoms with Gasteiger partial charge in [0.05, 0.1) is 6.61 Å². The number of amides is 1. The fraction of sp³-hybridized carbons (Fsp3) is 0.243. The summed E-state index contributed by atoms with van der Waals surface area (Å²) < 4.78 is 25.4. The number of ether oxygens (including phenoxy) is 2. The Hall–Kier alpha value is -4.44. The van der Waals surface area contributed by atoms with Crippen molar-refractivity contribution in [2.75, 3.05) is 25.5 Å². The van der Waals surface area contributed by atoms with Crippen molar-refractivity contribution in [2.24, 2.45) is 4.99 Å². The Labute approximate surface area is 273 Å². The first-order valence-corrected chi connectivity index (χ1v) is 16.4. The molecule has 0 aromatic heterocycles. The van der Waals surface area contributed by atoms with Crippen LogP contribution in [0.15, 0.2) is 121 Å². The van der Waals surface area contributed by atoms with E-state index in [-0.39, 0.29) is 24.8 Å². The van der Waals surface area contributed by atoms with Gasteiger partial charge in [-0.2, -0.15) is 11.8 Å². The van der Waals surface area contributed by atoms with Gasteiger partial charge in [0.2, 0.25) is 5.90 Å². The summed E-state index contributed by atoms with van der Waals surface area (Å²) in [5.74, 6) is 1.91. The lowest BCUT2D eigenvalue weighted by atomic mass is 9.84. The van der Waals surface area contributed by atoms with Crippen LogP contribution >= 0.6 is 11.8 Å². The lowest BCUT2D eigenvalue weighted by molar-refractivity contribution is -0.129. The monoisotopic (exact) mass is 639 g/mol. The molecule has 4 aromatic carbocycles. The molecule has 7 nitrogen and oxygen atoms in total. The van der Waals surface area contributed by atoms with Crippen molar-refractivity contribution in [3.05, 3.63) is 138 Å². The van der Waals surface area contributed by atoms with Gasteiger partial charge in [-0.1, -0.05) is 72.8 Å². The zero-order valence-electron chi connectivity index (χ0n) is 25.5. The molecule has 0 bridgehead atoms. The normalized spacial score (nSPS) is 17.2. The van der Waals surface area contributed by atoms with Crippen LogP contribution in [0.25, 0.3) is 11.1 Å². The maximum atomic E-state index is 14.0. The smallest absolute Gasteiger partial charge is 0.266 e. The quantitative estimate of drug-likeness (QED) is 0.0724. The predicted octanol–water partition coefficient (Wildman–Crippen LogP) is 6.64. The molecule has 1 aliphatic rings. The van der Waals surface area contributed by atoms with Crippen molar-refractivity contribution in [3.8, 4) is 16.9 Å². The number of halogens is 1. The highest BCUT2D eigenvalue weighted by Crippen LogP contribution is 2.43. The van der Waals surface area contributed by atoms with E-state index in [4.69, 9.17) is 19.6 Å². The summed E-state index contributed by atoms with van der Waals surface area (Å²) in [7, 11) is 0. The van der Waals surface area contributed by atoms with Gasteiger partial charge in [0.15, 0.2) is 11.6 Å². The van der Waals surface area contributed by atoms with Crippen LogP contribution in [0.3, 0.4) is 0 Å². The van der Waals surface area contributed by atoms with Gasteiger partial charge in [0.1, 0.15) is 11.6 Å². The molecule has 2 atom stereocenters. The second-order valence-electron chi connectivity index (χ2n) is 10.8. The Morgan fingerprint density at radius 3 is 2.37 bits per heavy atom.